The van der Waals surface area contributed by atoms with Gasteiger partial charge >= 0.3 is 5.97 Å². The number of anilines is 1. The molecule has 1 N–H and O–H groups in total. The standard InChI is InChI=1S/C17H25NO2/c1-3-13(4-2)14-9-11-18(12-10-14)16-8-6-5-7-15(16)17(19)20/h5-8,13-14H,3-4,9-12H2,1-2H3,(H,19,20). The van der Waals surface area contributed by atoms with Gasteiger partial charge in [0, 0.05) is 13.1 Å². The molecule has 0 unspecified atom stereocenters. The summed E-state index contributed by atoms with van der Waals surface area (Å²) >= 11 is 0. The minimum atomic E-state index is -0.831. The van der Waals surface area contributed by atoms with Crippen LogP contribution in [0.4, 0.5) is 5.69 Å². The molecule has 1 saturated heterocycles. The summed E-state index contributed by atoms with van der Waals surface area (Å²) in [7, 11) is 0. The lowest BCUT2D eigenvalue weighted by Gasteiger charge is -2.37. The number of hydrogen-bond donors (Lipinski definition) is 1. The maximum Gasteiger partial charge on any atom is 0.337 e. The highest BCUT2D eigenvalue weighted by atomic mass is 16.4. The zero-order valence-corrected chi connectivity index (χ0v) is 12.5. The van der Waals surface area contributed by atoms with Crippen LogP contribution in [0, 0.1) is 11.8 Å². The highest BCUT2D eigenvalue weighted by Gasteiger charge is 2.26. The molecular weight excluding hydrogens is 250 g/mol. The molecule has 1 fully saturated rings. The zero-order chi connectivity index (χ0) is 14.5. The minimum Gasteiger partial charge on any atom is -0.478 e. The van der Waals surface area contributed by atoms with Crippen molar-refractivity contribution < 1.29 is 9.90 Å². The molecule has 0 spiro atoms. The smallest absolute Gasteiger partial charge is 0.337 e. The van der Waals surface area contributed by atoms with E-state index in [-0.39, 0.29) is 0 Å². The molecule has 0 radical (unpaired) electrons. The summed E-state index contributed by atoms with van der Waals surface area (Å²) in [5, 5.41) is 9.29. The fourth-order valence-electron chi connectivity index (χ4n) is 3.50. The highest BCUT2D eigenvalue weighted by Crippen LogP contribution is 2.32. The van der Waals surface area contributed by atoms with Crippen molar-refractivity contribution in [3.8, 4) is 0 Å². The van der Waals surface area contributed by atoms with Crippen molar-refractivity contribution in [3.63, 3.8) is 0 Å². The molecule has 0 atom stereocenters. The van der Waals surface area contributed by atoms with E-state index in [1.807, 2.05) is 12.1 Å². The maximum atomic E-state index is 11.3. The number of rotatable bonds is 5. The molecule has 0 aromatic heterocycles. The lowest BCUT2D eigenvalue weighted by Crippen LogP contribution is -2.36. The molecule has 3 heteroatoms. The van der Waals surface area contributed by atoms with Crippen LogP contribution in [-0.4, -0.2) is 24.2 Å². The van der Waals surface area contributed by atoms with E-state index in [4.69, 9.17) is 0 Å². The molecule has 1 aromatic rings. The number of para-hydroxylation sites is 1. The Balaban J connectivity index is 2.06. The zero-order valence-electron chi connectivity index (χ0n) is 12.5. The molecule has 1 heterocycles. The Morgan fingerprint density at radius 3 is 2.40 bits per heavy atom. The number of carboxylic acids is 1. The molecule has 20 heavy (non-hydrogen) atoms. The molecule has 0 bridgehead atoms. The van der Waals surface area contributed by atoms with E-state index in [0.29, 0.717) is 5.56 Å². The van der Waals surface area contributed by atoms with Gasteiger partial charge < -0.3 is 10.0 Å². The van der Waals surface area contributed by atoms with Crippen LogP contribution in [0.15, 0.2) is 24.3 Å². The fraction of sp³-hybridized carbons (Fsp3) is 0.588. The third kappa shape index (κ3) is 3.14. The van der Waals surface area contributed by atoms with E-state index in [9.17, 15) is 9.90 Å². The van der Waals surface area contributed by atoms with Crippen LogP contribution < -0.4 is 4.90 Å². The van der Waals surface area contributed by atoms with Gasteiger partial charge in [0.1, 0.15) is 0 Å². The van der Waals surface area contributed by atoms with Gasteiger partial charge in [-0.1, -0.05) is 38.8 Å². The van der Waals surface area contributed by atoms with Crippen molar-refractivity contribution >= 4 is 11.7 Å². The molecule has 1 aromatic carbocycles. The van der Waals surface area contributed by atoms with Gasteiger partial charge in [-0.2, -0.15) is 0 Å². The summed E-state index contributed by atoms with van der Waals surface area (Å²) in [5.74, 6) is 0.799. The van der Waals surface area contributed by atoms with Crippen LogP contribution in [0.2, 0.25) is 0 Å². The number of carboxylic acid groups (broad SMARTS) is 1. The third-order valence-electron chi connectivity index (χ3n) is 4.73. The van der Waals surface area contributed by atoms with Crippen molar-refractivity contribution in [2.24, 2.45) is 11.8 Å². The van der Waals surface area contributed by atoms with Gasteiger partial charge in [0.05, 0.1) is 11.3 Å². The predicted octanol–water partition coefficient (Wildman–Crippen LogP) is 4.04. The van der Waals surface area contributed by atoms with Crippen LogP contribution in [0.1, 0.15) is 49.9 Å². The second-order valence-corrected chi connectivity index (χ2v) is 5.72. The average Bonchev–Trinajstić information content (AvgIpc) is 2.49. The van der Waals surface area contributed by atoms with Crippen LogP contribution in [-0.2, 0) is 0 Å². The first-order valence-corrected chi connectivity index (χ1v) is 7.74. The van der Waals surface area contributed by atoms with E-state index >= 15 is 0 Å². The third-order valence-corrected chi connectivity index (χ3v) is 4.73. The molecular formula is C17H25NO2. The van der Waals surface area contributed by atoms with Gasteiger partial charge in [-0.25, -0.2) is 4.79 Å². The Morgan fingerprint density at radius 2 is 1.85 bits per heavy atom. The summed E-state index contributed by atoms with van der Waals surface area (Å²) < 4.78 is 0. The van der Waals surface area contributed by atoms with Crippen LogP contribution in [0.3, 0.4) is 0 Å². The van der Waals surface area contributed by atoms with Crippen molar-refractivity contribution in [1.29, 1.82) is 0 Å². The number of benzene rings is 1. The summed E-state index contributed by atoms with van der Waals surface area (Å²) in [6.45, 7) is 6.51. The second kappa shape index (κ2) is 6.78. The van der Waals surface area contributed by atoms with E-state index in [0.717, 1.165) is 30.6 Å². The van der Waals surface area contributed by atoms with Gasteiger partial charge in [0.25, 0.3) is 0 Å². The monoisotopic (exact) mass is 275 g/mol. The highest BCUT2D eigenvalue weighted by molar-refractivity contribution is 5.94. The van der Waals surface area contributed by atoms with E-state index in [1.165, 1.54) is 25.7 Å². The SMILES string of the molecule is CCC(CC)C1CCN(c2ccccc2C(=O)O)CC1. The van der Waals surface area contributed by atoms with E-state index < -0.39 is 5.97 Å². The Labute approximate surface area is 121 Å². The normalized spacial score (nSPS) is 16.6. The molecule has 0 aliphatic carbocycles. The summed E-state index contributed by atoms with van der Waals surface area (Å²) in [4.78, 5) is 13.5. The summed E-state index contributed by atoms with van der Waals surface area (Å²) in [5.41, 5.74) is 1.30. The molecule has 1 aliphatic heterocycles. The van der Waals surface area contributed by atoms with E-state index in [2.05, 4.69) is 18.7 Å². The van der Waals surface area contributed by atoms with Gasteiger partial charge in [-0.05, 0) is 36.8 Å². The largest absolute Gasteiger partial charge is 0.478 e. The van der Waals surface area contributed by atoms with Crippen LogP contribution >= 0.6 is 0 Å². The molecule has 1 aliphatic rings. The summed E-state index contributed by atoms with van der Waals surface area (Å²) in [6, 6.07) is 7.35. The molecule has 3 nitrogen and oxygen atoms in total. The predicted molar refractivity (Wildman–Crippen MR) is 82.4 cm³/mol. The number of nitrogens with zero attached hydrogens (tertiary/aromatic N) is 1. The Kier molecular flexibility index (Phi) is 5.05. The molecule has 2 rings (SSSR count). The Morgan fingerprint density at radius 1 is 1.25 bits per heavy atom. The van der Waals surface area contributed by atoms with Crippen LogP contribution in [0.25, 0.3) is 0 Å². The number of carbonyl (C=O) groups is 1. The quantitative estimate of drug-likeness (QED) is 0.881. The van der Waals surface area contributed by atoms with Gasteiger partial charge in [-0.15, -0.1) is 0 Å². The molecule has 0 saturated carbocycles. The van der Waals surface area contributed by atoms with E-state index in [1.54, 1.807) is 12.1 Å². The van der Waals surface area contributed by atoms with Gasteiger partial charge in [0.15, 0.2) is 0 Å². The summed E-state index contributed by atoms with van der Waals surface area (Å²) in [6.07, 6.45) is 4.88. The number of aromatic carboxylic acids is 1. The molecule has 110 valence electrons. The molecule has 0 amide bonds. The number of piperidine rings is 1. The lowest BCUT2D eigenvalue weighted by atomic mass is 9.81. The minimum absolute atomic E-state index is 0.425. The Hall–Kier alpha value is -1.51. The Bertz CT molecular complexity index is 446. The topological polar surface area (TPSA) is 40.5 Å². The first kappa shape index (κ1) is 14.9. The lowest BCUT2D eigenvalue weighted by molar-refractivity contribution is 0.0697. The van der Waals surface area contributed by atoms with Crippen molar-refractivity contribution in [2.75, 3.05) is 18.0 Å². The second-order valence-electron chi connectivity index (χ2n) is 5.72. The van der Waals surface area contributed by atoms with Crippen molar-refractivity contribution in [1.82, 2.24) is 0 Å². The average molecular weight is 275 g/mol. The van der Waals surface area contributed by atoms with Crippen molar-refractivity contribution in [3.05, 3.63) is 29.8 Å². The first-order chi connectivity index (χ1) is 9.67. The van der Waals surface area contributed by atoms with Crippen LogP contribution in [0.5, 0.6) is 0 Å². The maximum absolute atomic E-state index is 11.3. The van der Waals surface area contributed by atoms with Gasteiger partial charge in [0.2, 0.25) is 0 Å². The van der Waals surface area contributed by atoms with Gasteiger partial charge in [-0.3, -0.25) is 0 Å². The van der Waals surface area contributed by atoms with Crippen molar-refractivity contribution in [2.45, 2.75) is 39.5 Å². The number of hydrogen-bond acceptors (Lipinski definition) is 2. The first-order valence-electron chi connectivity index (χ1n) is 7.74. The fourth-order valence-corrected chi connectivity index (χ4v) is 3.50.